The number of sulfone groups is 1. The number of ether oxygens (including phenoxy) is 2. The van der Waals surface area contributed by atoms with Crippen LogP contribution in [0, 0.1) is 12.7 Å². The number of hydrogen-bond donors (Lipinski definition) is 1. The first-order valence-electron chi connectivity index (χ1n) is 17.0. The van der Waals surface area contributed by atoms with E-state index >= 15 is 4.39 Å². The van der Waals surface area contributed by atoms with Crippen LogP contribution in [-0.4, -0.2) is 64.3 Å². The van der Waals surface area contributed by atoms with Crippen LogP contribution in [0.3, 0.4) is 0 Å². The second kappa shape index (κ2) is 14.3. The summed E-state index contributed by atoms with van der Waals surface area (Å²) >= 11 is 0. The number of rotatable bonds is 8. The first-order chi connectivity index (χ1) is 23.4. The number of fused-ring (bicyclic) bond motifs is 1. The molecule has 1 atom stereocenters. The van der Waals surface area contributed by atoms with Crippen molar-refractivity contribution in [2.24, 2.45) is 0 Å². The van der Waals surface area contributed by atoms with Crippen LogP contribution in [0.5, 0.6) is 11.6 Å². The molecule has 1 saturated heterocycles. The van der Waals surface area contributed by atoms with E-state index in [2.05, 4.69) is 15.3 Å². The number of halogens is 1. The van der Waals surface area contributed by atoms with E-state index in [1.807, 2.05) is 39.8 Å². The summed E-state index contributed by atoms with van der Waals surface area (Å²) in [4.78, 5) is 28.1. The molecule has 49 heavy (non-hydrogen) atoms. The van der Waals surface area contributed by atoms with Gasteiger partial charge in [-0.2, -0.15) is 0 Å². The zero-order chi connectivity index (χ0) is 34.8. The predicted molar refractivity (Wildman–Crippen MR) is 188 cm³/mol. The average molecular weight is 690 g/mol. The van der Waals surface area contributed by atoms with Crippen LogP contribution in [0.25, 0.3) is 22.0 Å². The molecule has 2 aromatic heterocycles. The number of likely N-dealkylation sites (tertiary alicyclic amines) is 1. The summed E-state index contributed by atoms with van der Waals surface area (Å²) in [5.41, 5.74) is 1.56. The van der Waals surface area contributed by atoms with E-state index in [4.69, 9.17) is 14.5 Å². The lowest BCUT2D eigenvalue weighted by molar-refractivity contribution is 0.0206. The molecule has 12 heteroatoms. The third kappa shape index (κ3) is 8.12. The fourth-order valence-electron chi connectivity index (χ4n) is 6.66. The van der Waals surface area contributed by atoms with Crippen LogP contribution in [0.15, 0.2) is 54.9 Å². The Balaban J connectivity index is 1.26. The highest BCUT2D eigenvalue weighted by atomic mass is 32.2. The van der Waals surface area contributed by atoms with Crippen LogP contribution in [0.2, 0.25) is 0 Å². The third-order valence-corrected chi connectivity index (χ3v) is 11.3. The van der Waals surface area contributed by atoms with Crippen molar-refractivity contribution in [1.82, 2.24) is 19.9 Å². The van der Waals surface area contributed by atoms with Crippen molar-refractivity contribution in [3.8, 4) is 22.9 Å². The summed E-state index contributed by atoms with van der Waals surface area (Å²) in [5, 5.41) is 4.03. The van der Waals surface area contributed by atoms with Gasteiger partial charge in [-0.15, -0.1) is 0 Å². The maximum absolute atomic E-state index is 15.3. The molecule has 0 unspecified atom stereocenters. The topological polar surface area (TPSA) is 124 Å². The van der Waals surface area contributed by atoms with Gasteiger partial charge in [0.05, 0.1) is 22.3 Å². The number of amides is 1. The Labute approximate surface area is 287 Å². The lowest BCUT2D eigenvalue weighted by Gasteiger charge is -2.34. The van der Waals surface area contributed by atoms with Gasteiger partial charge in [0.1, 0.15) is 17.2 Å². The van der Waals surface area contributed by atoms with Crippen molar-refractivity contribution in [3.63, 3.8) is 0 Å². The Bertz CT molecular complexity index is 1940. The number of aryl methyl sites for hydroxylation is 1. The average Bonchev–Trinajstić information content (AvgIpc) is 3.07. The molecule has 3 heterocycles. The van der Waals surface area contributed by atoms with Crippen molar-refractivity contribution in [3.05, 3.63) is 71.8 Å². The van der Waals surface area contributed by atoms with Gasteiger partial charge >= 0.3 is 6.09 Å². The van der Waals surface area contributed by atoms with Crippen molar-refractivity contribution in [1.29, 1.82) is 0 Å². The van der Waals surface area contributed by atoms with Crippen LogP contribution < -0.4 is 10.1 Å². The monoisotopic (exact) mass is 689 g/mol. The van der Waals surface area contributed by atoms with Crippen LogP contribution in [0.4, 0.5) is 15.1 Å². The Kier molecular flexibility index (Phi) is 10.1. The molecule has 2 aromatic carbocycles. The number of carbonyl (C=O) groups excluding carboxylic acids is 1. The Morgan fingerprint density at radius 3 is 2.53 bits per heavy atom. The molecule has 1 saturated carbocycles. The normalized spacial score (nSPS) is 17.6. The van der Waals surface area contributed by atoms with Crippen LogP contribution >= 0.6 is 0 Å². The largest absolute Gasteiger partial charge is 0.444 e. The number of nitrogens with zero attached hydrogens (tertiary/aromatic N) is 4. The van der Waals surface area contributed by atoms with Crippen molar-refractivity contribution in [2.75, 3.05) is 18.4 Å². The summed E-state index contributed by atoms with van der Waals surface area (Å²) in [6, 6.07) is 11.9. The lowest BCUT2D eigenvalue weighted by atomic mass is 10.0. The van der Waals surface area contributed by atoms with Gasteiger partial charge in [0, 0.05) is 42.5 Å². The molecule has 2 aliphatic rings. The molecule has 1 N–H and O–H groups in total. The predicted octanol–water partition coefficient (Wildman–Crippen LogP) is 7.99. The number of pyridine rings is 1. The minimum absolute atomic E-state index is 0.0593. The van der Waals surface area contributed by atoms with E-state index in [1.54, 1.807) is 41.6 Å². The quantitative estimate of drug-likeness (QED) is 0.196. The number of benzene rings is 2. The summed E-state index contributed by atoms with van der Waals surface area (Å²) in [6.45, 7) is 8.53. The minimum atomic E-state index is -3.54. The standard InChI is InChI=1S/C37H44FN5O5S/c1-24-14-15-27-28(16-17-31(38)30(27)23-49(45,46)26-11-6-5-7-12-26)33(24)47-34-29(13-8-19-39-34)32-18-20-40-35(42-32)41-25-10-9-21-43(22-25)36(44)48-37(2,3)4/h8,13-20,25-26H,5-7,9-12,21-23H2,1-4H3,(H,40,41,42)/t25-/m0/s1. The van der Waals surface area contributed by atoms with E-state index in [0.29, 0.717) is 59.7 Å². The van der Waals surface area contributed by atoms with E-state index in [9.17, 15) is 13.2 Å². The summed E-state index contributed by atoms with van der Waals surface area (Å²) in [6.07, 6.45) is 8.63. The third-order valence-electron chi connectivity index (χ3n) is 9.12. The van der Waals surface area contributed by atoms with Gasteiger partial charge in [0.25, 0.3) is 0 Å². The molecule has 10 nitrogen and oxygen atoms in total. The Morgan fingerprint density at radius 2 is 1.76 bits per heavy atom. The second-order valence-corrected chi connectivity index (χ2v) is 16.3. The maximum Gasteiger partial charge on any atom is 0.410 e. The molecular weight excluding hydrogens is 646 g/mol. The molecule has 1 amide bonds. The Hall–Kier alpha value is -4.32. The van der Waals surface area contributed by atoms with Gasteiger partial charge in [0.15, 0.2) is 9.84 Å². The van der Waals surface area contributed by atoms with E-state index in [0.717, 1.165) is 37.7 Å². The molecule has 6 rings (SSSR count). The number of nitrogens with one attached hydrogen (secondary N) is 1. The smallest absolute Gasteiger partial charge is 0.410 e. The van der Waals surface area contributed by atoms with Crippen molar-refractivity contribution < 1.29 is 27.1 Å². The van der Waals surface area contributed by atoms with Gasteiger partial charge in [-0.25, -0.2) is 32.6 Å². The lowest BCUT2D eigenvalue weighted by Crippen LogP contribution is -2.47. The number of aromatic nitrogens is 3. The van der Waals surface area contributed by atoms with E-state index in [-0.39, 0.29) is 29.3 Å². The van der Waals surface area contributed by atoms with E-state index in [1.165, 1.54) is 6.07 Å². The Morgan fingerprint density at radius 1 is 0.980 bits per heavy atom. The minimum Gasteiger partial charge on any atom is -0.444 e. The molecule has 1 aliphatic heterocycles. The zero-order valence-corrected chi connectivity index (χ0v) is 29.4. The summed E-state index contributed by atoms with van der Waals surface area (Å²) in [7, 11) is -3.54. The maximum atomic E-state index is 15.3. The molecular formula is C37H44FN5O5S. The zero-order valence-electron chi connectivity index (χ0n) is 28.5. The second-order valence-electron chi connectivity index (χ2n) is 14.0. The molecule has 2 fully saturated rings. The highest BCUT2D eigenvalue weighted by molar-refractivity contribution is 7.91. The fraction of sp³-hybridized carbons (Fsp3) is 0.459. The highest BCUT2D eigenvalue weighted by Gasteiger charge is 2.30. The number of piperidine rings is 1. The molecule has 0 spiro atoms. The van der Waals surface area contributed by atoms with Crippen molar-refractivity contribution >= 4 is 32.7 Å². The molecule has 260 valence electrons. The van der Waals surface area contributed by atoms with Crippen LogP contribution in [0.1, 0.15) is 76.8 Å². The van der Waals surface area contributed by atoms with Gasteiger partial charge < -0.3 is 19.7 Å². The van der Waals surface area contributed by atoms with Gasteiger partial charge in [-0.05, 0) is 94.7 Å². The first kappa shape index (κ1) is 34.5. The van der Waals surface area contributed by atoms with Crippen molar-refractivity contribution in [2.45, 2.75) is 95.3 Å². The van der Waals surface area contributed by atoms with Gasteiger partial charge in [0.2, 0.25) is 11.8 Å². The molecule has 0 bridgehead atoms. The highest BCUT2D eigenvalue weighted by Crippen LogP contribution is 2.39. The molecule has 0 radical (unpaired) electrons. The van der Waals surface area contributed by atoms with E-state index < -0.39 is 26.5 Å². The number of hydrogen-bond acceptors (Lipinski definition) is 9. The SMILES string of the molecule is Cc1ccc2c(CS(=O)(=O)C3CCCCC3)c(F)ccc2c1Oc1ncccc1-c1ccnc(N[C@H]2CCCN(C(=O)OC(C)(C)C)C2)n1. The molecule has 4 aromatic rings. The van der Waals surface area contributed by atoms with Gasteiger partial charge in [-0.1, -0.05) is 31.4 Å². The van der Waals surface area contributed by atoms with Crippen LogP contribution in [-0.2, 0) is 20.3 Å². The number of carbonyl (C=O) groups is 1. The fourth-order valence-corrected chi connectivity index (χ4v) is 8.64. The molecule has 1 aliphatic carbocycles. The summed E-state index contributed by atoms with van der Waals surface area (Å²) in [5.74, 6) is 0.256. The first-order valence-corrected chi connectivity index (χ1v) is 18.7. The number of anilines is 1. The van der Waals surface area contributed by atoms with Gasteiger partial charge in [-0.3, -0.25) is 0 Å². The summed E-state index contributed by atoms with van der Waals surface area (Å²) < 4.78 is 54.2.